The molecule has 0 saturated heterocycles. The van der Waals surface area contributed by atoms with Crippen LogP contribution in [0.15, 0.2) is 24.4 Å². The zero-order valence-corrected chi connectivity index (χ0v) is 12.9. The molecule has 0 saturated carbocycles. The number of pyridine rings is 1. The number of alkyl halides is 6. The van der Waals surface area contributed by atoms with Crippen molar-refractivity contribution in [2.45, 2.75) is 12.4 Å². The Balaban J connectivity index is 2.73. The van der Waals surface area contributed by atoms with Crippen molar-refractivity contribution in [1.82, 2.24) is 4.98 Å². The third kappa shape index (κ3) is 3.84. The molecular formula is C13H4Cl3F6N. The van der Waals surface area contributed by atoms with Crippen molar-refractivity contribution in [3.05, 3.63) is 50.7 Å². The van der Waals surface area contributed by atoms with Crippen LogP contribution in [0, 0.1) is 0 Å². The van der Waals surface area contributed by atoms with Crippen molar-refractivity contribution in [2.24, 2.45) is 0 Å². The van der Waals surface area contributed by atoms with Gasteiger partial charge in [0.2, 0.25) is 0 Å². The van der Waals surface area contributed by atoms with Gasteiger partial charge in [0.1, 0.15) is 0 Å². The Morgan fingerprint density at radius 2 is 1.30 bits per heavy atom. The quantitative estimate of drug-likeness (QED) is 0.488. The van der Waals surface area contributed by atoms with E-state index in [1.165, 1.54) is 12.1 Å². The minimum Gasteiger partial charge on any atom is -0.251 e. The summed E-state index contributed by atoms with van der Waals surface area (Å²) in [4.78, 5) is 2.90. The van der Waals surface area contributed by atoms with Crippen LogP contribution in [0.2, 0.25) is 15.1 Å². The minimum absolute atomic E-state index is 0.0931. The molecule has 1 nitrogen and oxygen atoms in total. The van der Waals surface area contributed by atoms with E-state index in [9.17, 15) is 26.3 Å². The number of hydrogen-bond donors (Lipinski definition) is 0. The molecule has 0 unspecified atom stereocenters. The van der Waals surface area contributed by atoms with E-state index in [2.05, 4.69) is 4.98 Å². The lowest BCUT2D eigenvalue weighted by Gasteiger charge is -2.16. The molecule has 0 aliphatic carbocycles. The smallest absolute Gasteiger partial charge is 0.251 e. The zero-order valence-electron chi connectivity index (χ0n) is 10.7. The highest BCUT2D eigenvalue weighted by Gasteiger charge is 2.44. The Kier molecular flexibility index (Phi) is 4.76. The maximum Gasteiger partial charge on any atom is 0.433 e. The van der Waals surface area contributed by atoms with Crippen LogP contribution in [0.25, 0.3) is 11.1 Å². The number of benzene rings is 1. The summed E-state index contributed by atoms with van der Waals surface area (Å²) in [5.74, 6) is 0. The lowest BCUT2D eigenvalue weighted by Crippen LogP contribution is -2.18. The van der Waals surface area contributed by atoms with Crippen molar-refractivity contribution < 1.29 is 26.3 Å². The van der Waals surface area contributed by atoms with Gasteiger partial charge in [0, 0.05) is 22.3 Å². The van der Waals surface area contributed by atoms with Crippen molar-refractivity contribution in [1.29, 1.82) is 0 Å². The summed E-state index contributed by atoms with van der Waals surface area (Å²) in [6.45, 7) is 0. The van der Waals surface area contributed by atoms with E-state index in [1.54, 1.807) is 0 Å². The van der Waals surface area contributed by atoms with Gasteiger partial charge < -0.3 is 0 Å². The molecule has 1 aromatic carbocycles. The van der Waals surface area contributed by atoms with Crippen LogP contribution in [0.1, 0.15) is 11.3 Å². The average Bonchev–Trinajstić information content (AvgIpc) is 2.35. The normalized spacial score (nSPS) is 12.6. The summed E-state index contributed by atoms with van der Waals surface area (Å²) >= 11 is 17.4. The van der Waals surface area contributed by atoms with E-state index in [1.807, 2.05) is 0 Å². The first kappa shape index (κ1) is 18.2. The van der Waals surface area contributed by atoms with Crippen molar-refractivity contribution >= 4 is 34.8 Å². The monoisotopic (exact) mass is 393 g/mol. The fourth-order valence-electron chi connectivity index (χ4n) is 1.86. The molecule has 0 atom stereocenters. The molecule has 0 radical (unpaired) electrons. The molecule has 10 heteroatoms. The van der Waals surface area contributed by atoms with Crippen molar-refractivity contribution in [2.75, 3.05) is 0 Å². The third-order valence-electron chi connectivity index (χ3n) is 2.76. The Morgan fingerprint density at radius 3 is 1.74 bits per heavy atom. The number of hydrogen-bond acceptors (Lipinski definition) is 1. The third-order valence-corrected chi connectivity index (χ3v) is 3.57. The number of halogens is 9. The standard InChI is InChI=1S/C13H4Cl3F6N/c14-6-2-8(15)10(9(16)3-6)5-1-7(12(17,18)19)11(23-4-5)13(20,21)22/h1-4H. The maximum absolute atomic E-state index is 12.9. The Hall–Kier alpha value is -1.18. The summed E-state index contributed by atoms with van der Waals surface area (Å²) < 4.78 is 76.8. The van der Waals surface area contributed by atoms with E-state index in [-0.39, 0.29) is 26.2 Å². The topological polar surface area (TPSA) is 12.9 Å². The Bertz CT molecular complexity index is 731. The van der Waals surface area contributed by atoms with Crippen molar-refractivity contribution in [3.8, 4) is 11.1 Å². The molecule has 0 N–H and O–H groups in total. The molecule has 0 aliphatic rings. The van der Waals surface area contributed by atoms with Crippen LogP contribution in [-0.4, -0.2) is 4.98 Å². The van der Waals surface area contributed by atoms with E-state index in [4.69, 9.17) is 34.8 Å². The number of aromatic nitrogens is 1. The SMILES string of the molecule is FC(F)(F)c1cc(-c2c(Cl)cc(Cl)cc2Cl)cnc1C(F)(F)F. The molecule has 0 bridgehead atoms. The maximum atomic E-state index is 12.9. The first-order chi connectivity index (χ1) is 10.4. The van der Waals surface area contributed by atoms with Gasteiger partial charge in [-0.25, -0.2) is 0 Å². The largest absolute Gasteiger partial charge is 0.433 e. The van der Waals surface area contributed by atoms with Gasteiger partial charge in [-0.15, -0.1) is 0 Å². The van der Waals surface area contributed by atoms with Gasteiger partial charge in [0.25, 0.3) is 0 Å². The fraction of sp³-hybridized carbons (Fsp3) is 0.154. The first-order valence-electron chi connectivity index (χ1n) is 5.70. The minimum atomic E-state index is -5.25. The molecule has 0 fully saturated rings. The van der Waals surface area contributed by atoms with Crippen LogP contribution in [0.3, 0.4) is 0 Å². The van der Waals surface area contributed by atoms with Crippen molar-refractivity contribution in [3.63, 3.8) is 0 Å². The molecule has 0 spiro atoms. The highest BCUT2D eigenvalue weighted by Crippen LogP contribution is 2.43. The molecule has 0 amide bonds. The fourth-order valence-corrected chi connectivity index (χ4v) is 2.90. The predicted octanol–water partition coefficient (Wildman–Crippen LogP) is 6.75. The molecule has 124 valence electrons. The lowest BCUT2D eigenvalue weighted by molar-refractivity contribution is -0.164. The average molecular weight is 395 g/mol. The molecule has 23 heavy (non-hydrogen) atoms. The Morgan fingerprint density at radius 1 is 0.783 bits per heavy atom. The van der Waals surface area contributed by atoms with Gasteiger partial charge in [0.05, 0.1) is 15.6 Å². The zero-order chi connectivity index (χ0) is 17.6. The summed E-state index contributed by atoms with van der Waals surface area (Å²) in [7, 11) is 0. The van der Waals surface area contributed by atoms with E-state index >= 15 is 0 Å². The van der Waals surface area contributed by atoms with Gasteiger partial charge in [0.15, 0.2) is 5.69 Å². The van der Waals surface area contributed by atoms with E-state index in [0.717, 1.165) is 0 Å². The molecule has 2 rings (SSSR count). The summed E-state index contributed by atoms with van der Waals surface area (Å²) in [6, 6.07) is 2.71. The number of nitrogens with zero attached hydrogens (tertiary/aromatic N) is 1. The second kappa shape index (κ2) is 6.03. The predicted molar refractivity (Wildman–Crippen MR) is 74.7 cm³/mol. The van der Waals surface area contributed by atoms with Crippen LogP contribution < -0.4 is 0 Å². The molecule has 2 aromatic rings. The van der Waals surface area contributed by atoms with Gasteiger partial charge in [-0.1, -0.05) is 34.8 Å². The molecular weight excluding hydrogens is 390 g/mol. The number of rotatable bonds is 1. The lowest BCUT2D eigenvalue weighted by atomic mass is 10.0. The summed E-state index contributed by atoms with van der Waals surface area (Å²) in [6.07, 6.45) is -9.88. The Labute approximate surface area is 140 Å². The van der Waals surface area contributed by atoms with Crippen LogP contribution in [-0.2, 0) is 12.4 Å². The summed E-state index contributed by atoms with van der Waals surface area (Å²) in [5.41, 5.74) is -4.36. The van der Waals surface area contributed by atoms with Crippen LogP contribution in [0.4, 0.5) is 26.3 Å². The van der Waals surface area contributed by atoms with Gasteiger partial charge in [-0.05, 0) is 18.2 Å². The van der Waals surface area contributed by atoms with Gasteiger partial charge >= 0.3 is 12.4 Å². The highest BCUT2D eigenvalue weighted by atomic mass is 35.5. The van der Waals surface area contributed by atoms with Gasteiger partial charge in [-0.3, -0.25) is 4.98 Å². The second-order valence-electron chi connectivity index (χ2n) is 4.36. The first-order valence-corrected chi connectivity index (χ1v) is 6.84. The molecule has 1 heterocycles. The van der Waals surface area contributed by atoms with E-state index in [0.29, 0.717) is 12.3 Å². The van der Waals surface area contributed by atoms with Crippen LogP contribution >= 0.6 is 34.8 Å². The van der Waals surface area contributed by atoms with Gasteiger partial charge in [-0.2, -0.15) is 26.3 Å². The van der Waals surface area contributed by atoms with E-state index < -0.39 is 23.6 Å². The molecule has 1 aromatic heterocycles. The molecule has 0 aliphatic heterocycles. The highest BCUT2D eigenvalue weighted by molar-refractivity contribution is 6.41. The van der Waals surface area contributed by atoms with Crippen LogP contribution in [0.5, 0.6) is 0 Å². The second-order valence-corrected chi connectivity index (χ2v) is 5.61. The summed E-state index contributed by atoms with van der Waals surface area (Å²) in [5, 5.41) is -0.103.